The summed E-state index contributed by atoms with van der Waals surface area (Å²) in [6.45, 7) is -0.0129. The number of methoxy groups -OCH3 is 1. The summed E-state index contributed by atoms with van der Waals surface area (Å²) in [7, 11) is -2.24. The molecule has 0 aliphatic rings. The fourth-order valence-electron chi connectivity index (χ4n) is 2.73. The lowest BCUT2D eigenvalue weighted by Crippen LogP contribution is -2.31. The molecule has 2 aromatic rings. The molecule has 2 rings (SSSR count). The summed E-state index contributed by atoms with van der Waals surface area (Å²) in [5, 5.41) is 1.89. The van der Waals surface area contributed by atoms with E-state index in [-0.39, 0.29) is 25.1 Å². The van der Waals surface area contributed by atoms with Gasteiger partial charge in [-0.2, -0.15) is 13.2 Å². The van der Waals surface area contributed by atoms with Crippen molar-refractivity contribution in [1.29, 1.82) is 0 Å². The molecule has 0 heterocycles. The Morgan fingerprint density at radius 3 is 2.47 bits per heavy atom. The van der Waals surface area contributed by atoms with Crippen LogP contribution in [0, 0.1) is 0 Å². The van der Waals surface area contributed by atoms with Crippen LogP contribution in [-0.2, 0) is 21.0 Å². The lowest BCUT2D eigenvalue weighted by atomic mass is 10.2. The highest BCUT2D eigenvalue weighted by Crippen LogP contribution is 2.36. The van der Waals surface area contributed by atoms with Gasteiger partial charge in [0.15, 0.2) is 0 Å². The summed E-state index contributed by atoms with van der Waals surface area (Å²) >= 11 is 5.56. The number of carbonyl (C=O) groups is 1. The summed E-state index contributed by atoms with van der Waals surface area (Å²) in [5.41, 5.74) is -0.779. The van der Waals surface area contributed by atoms with Crippen molar-refractivity contribution >= 4 is 38.9 Å². The predicted octanol–water partition coefficient (Wildman–Crippen LogP) is 4.55. The quantitative estimate of drug-likeness (QED) is 0.621. The van der Waals surface area contributed by atoms with Gasteiger partial charge >= 0.3 is 6.18 Å². The van der Waals surface area contributed by atoms with Crippen molar-refractivity contribution in [1.82, 2.24) is 0 Å². The molecule has 1 N–H and O–H groups in total. The Labute approximate surface area is 177 Å². The molecule has 30 heavy (non-hydrogen) atoms. The van der Waals surface area contributed by atoms with E-state index in [0.29, 0.717) is 11.4 Å². The number of hydrogen-bond donors (Lipinski definition) is 1. The van der Waals surface area contributed by atoms with Gasteiger partial charge in [0, 0.05) is 18.7 Å². The molecule has 0 aliphatic heterocycles. The van der Waals surface area contributed by atoms with Gasteiger partial charge in [0.1, 0.15) is 5.75 Å². The third kappa shape index (κ3) is 6.27. The van der Waals surface area contributed by atoms with Gasteiger partial charge < -0.3 is 10.1 Å². The van der Waals surface area contributed by atoms with Crippen LogP contribution in [0.5, 0.6) is 5.75 Å². The number of amides is 1. The minimum absolute atomic E-state index is 0.0129. The van der Waals surface area contributed by atoms with E-state index >= 15 is 0 Å². The first-order valence-electron chi connectivity index (χ1n) is 8.71. The minimum atomic E-state index is -4.65. The Morgan fingerprint density at radius 2 is 1.87 bits per heavy atom. The zero-order valence-electron chi connectivity index (χ0n) is 16.2. The summed E-state index contributed by atoms with van der Waals surface area (Å²) < 4.78 is 69.4. The molecule has 0 spiro atoms. The molecule has 0 aromatic heterocycles. The second-order valence-corrected chi connectivity index (χ2v) is 8.67. The van der Waals surface area contributed by atoms with Gasteiger partial charge in [-0.3, -0.25) is 9.10 Å². The van der Waals surface area contributed by atoms with Gasteiger partial charge in [-0.1, -0.05) is 23.7 Å². The molecular formula is C19H20ClF3N2O4S. The highest BCUT2D eigenvalue weighted by molar-refractivity contribution is 7.92. The number of alkyl halides is 3. The molecule has 0 saturated heterocycles. The topological polar surface area (TPSA) is 75.7 Å². The van der Waals surface area contributed by atoms with Crippen LogP contribution in [0.25, 0.3) is 0 Å². The van der Waals surface area contributed by atoms with Crippen molar-refractivity contribution in [2.24, 2.45) is 0 Å². The first-order valence-corrected chi connectivity index (χ1v) is 10.9. The van der Waals surface area contributed by atoms with E-state index in [1.54, 1.807) is 24.3 Å². The van der Waals surface area contributed by atoms with Crippen LogP contribution in [0.1, 0.15) is 18.4 Å². The number of rotatable bonds is 8. The molecule has 11 heteroatoms. The van der Waals surface area contributed by atoms with E-state index in [1.807, 2.05) is 0 Å². The van der Waals surface area contributed by atoms with Crippen molar-refractivity contribution < 1.29 is 31.1 Å². The molecule has 0 aliphatic carbocycles. The Morgan fingerprint density at radius 1 is 1.20 bits per heavy atom. The average molecular weight is 465 g/mol. The normalized spacial score (nSPS) is 11.8. The highest BCUT2D eigenvalue weighted by atomic mass is 35.5. The highest BCUT2D eigenvalue weighted by Gasteiger charge is 2.33. The maximum atomic E-state index is 12.9. The van der Waals surface area contributed by atoms with Gasteiger partial charge in [-0.25, -0.2) is 8.42 Å². The van der Waals surface area contributed by atoms with Crippen LogP contribution in [0.15, 0.2) is 42.5 Å². The van der Waals surface area contributed by atoms with E-state index in [9.17, 15) is 26.4 Å². The molecule has 0 unspecified atom stereocenters. The molecular weight excluding hydrogens is 445 g/mol. The monoisotopic (exact) mass is 464 g/mol. The number of para-hydroxylation sites is 2. The molecule has 164 valence electrons. The maximum Gasteiger partial charge on any atom is 0.417 e. The summed E-state index contributed by atoms with van der Waals surface area (Å²) in [4.78, 5) is 12.1. The SMILES string of the molecule is COc1ccccc1N(CCCC(=O)Nc1ccc(Cl)c(C(F)(F)F)c1)S(C)(=O)=O. The number of halogens is 4. The number of ether oxygens (including phenoxy) is 1. The van der Waals surface area contributed by atoms with Crippen LogP contribution >= 0.6 is 11.6 Å². The van der Waals surface area contributed by atoms with Gasteiger partial charge in [-0.15, -0.1) is 0 Å². The number of carbonyl (C=O) groups excluding carboxylic acids is 1. The lowest BCUT2D eigenvalue weighted by molar-refractivity contribution is -0.137. The van der Waals surface area contributed by atoms with Crippen LogP contribution in [-0.4, -0.2) is 34.2 Å². The predicted molar refractivity (Wildman–Crippen MR) is 110 cm³/mol. The van der Waals surface area contributed by atoms with Crippen LogP contribution < -0.4 is 14.4 Å². The lowest BCUT2D eigenvalue weighted by Gasteiger charge is -2.24. The average Bonchev–Trinajstić information content (AvgIpc) is 2.65. The van der Waals surface area contributed by atoms with E-state index in [4.69, 9.17) is 16.3 Å². The molecule has 2 aromatic carbocycles. The molecule has 0 saturated carbocycles. The second-order valence-electron chi connectivity index (χ2n) is 6.35. The molecule has 6 nitrogen and oxygen atoms in total. The van der Waals surface area contributed by atoms with Crippen molar-refractivity contribution in [3.05, 3.63) is 53.1 Å². The standard InChI is InChI=1S/C19H20ClF3N2O4S/c1-29-17-7-4-3-6-16(17)25(30(2,27)28)11-5-8-18(26)24-13-9-10-15(20)14(12-13)19(21,22)23/h3-4,6-7,9-10,12H,5,8,11H2,1-2H3,(H,24,26). The smallest absolute Gasteiger partial charge is 0.417 e. The summed E-state index contributed by atoms with van der Waals surface area (Å²) in [5.74, 6) is -0.202. The van der Waals surface area contributed by atoms with Crippen LogP contribution in [0.3, 0.4) is 0 Å². The Hall–Kier alpha value is -2.46. The number of nitrogens with one attached hydrogen (secondary N) is 1. The first kappa shape index (κ1) is 23.8. The van der Waals surface area contributed by atoms with Gasteiger partial charge in [-0.05, 0) is 36.8 Å². The van der Waals surface area contributed by atoms with E-state index in [0.717, 1.165) is 22.7 Å². The Balaban J connectivity index is 2.05. The van der Waals surface area contributed by atoms with Gasteiger partial charge in [0.2, 0.25) is 15.9 Å². The van der Waals surface area contributed by atoms with E-state index in [1.165, 1.54) is 13.2 Å². The molecule has 0 bridgehead atoms. The van der Waals surface area contributed by atoms with Gasteiger partial charge in [0.05, 0.1) is 29.6 Å². The fourth-order valence-corrected chi connectivity index (χ4v) is 3.92. The Kier molecular flexibility index (Phi) is 7.59. The molecule has 0 atom stereocenters. The largest absolute Gasteiger partial charge is 0.495 e. The van der Waals surface area contributed by atoms with Crippen molar-refractivity contribution in [2.75, 3.05) is 29.5 Å². The number of benzene rings is 2. The van der Waals surface area contributed by atoms with Crippen molar-refractivity contribution in [2.45, 2.75) is 19.0 Å². The third-order valence-electron chi connectivity index (χ3n) is 4.07. The minimum Gasteiger partial charge on any atom is -0.495 e. The van der Waals surface area contributed by atoms with Crippen molar-refractivity contribution in [3.63, 3.8) is 0 Å². The third-order valence-corrected chi connectivity index (χ3v) is 5.58. The van der Waals surface area contributed by atoms with Crippen LogP contribution in [0.4, 0.5) is 24.5 Å². The number of sulfonamides is 1. The van der Waals surface area contributed by atoms with E-state index < -0.39 is 32.7 Å². The van der Waals surface area contributed by atoms with E-state index in [2.05, 4.69) is 5.32 Å². The maximum absolute atomic E-state index is 12.9. The van der Waals surface area contributed by atoms with Crippen LogP contribution in [0.2, 0.25) is 5.02 Å². The number of anilines is 2. The van der Waals surface area contributed by atoms with Gasteiger partial charge in [0.25, 0.3) is 0 Å². The Bertz CT molecular complexity index is 1010. The number of nitrogens with zero attached hydrogens (tertiary/aromatic N) is 1. The number of hydrogen-bond acceptors (Lipinski definition) is 4. The first-order chi connectivity index (χ1) is 13.9. The zero-order valence-corrected chi connectivity index (χ0v) is 17.7. The molecule has 1 amide bonds. The summed E-state index contributed by atoms with van der Waals surface area (Å²) in [6, 6.07) is 9.59. The fraction of sp³-hybridized carbons (Fsp3) is 0.316. The zero-order chi connectivity index (χ0) is 22.5. The molecule has 0 fully saturated rings. The summed E-state index contributed by atoms with van der Waals surface area (Å²) in [6.07, 6.45) is -3.59. The molecule has 0 radical (unpaired) electrons. The second kappa shape index (κ2) is 9.57. The van der Waals surface area contributed by atoms with Crippen molar-refractivity contribution in [3.8, 4) is 5.75 Å².